The van der Waals surface area contributed by atoms with Gasteiger partial charge in [0.05, 0.1) is 0 Å². The molecule has 24 heavy (non-hydrogen) atoms. The third kappa shape index (κ3) is 5.31. The number of hydrogen-bond acceptors (Lipinski definition) is 7. The molecule has 7 heteroatoms. The average Bonchev–Trinajstić information content (AvgIpc) is 2.99. The van der Waals surface area contributed by atoms with Crippen molar-refractivity contribution in [2.45, 2.75) is 19.4 Å². The Hall–Kier alpha value is -1.41. The quantitative estimate of drug-likeness (QED) is 0.771. The molecule has 0 bridgehead atoms. The van der Waals surface area contributed by atoms with Crippen LogP contribution in [0.1, 0.15) is 17.7 Å². The summed E-state index contributed by atoms with van der Waals surface area (Å²) in [6, 6.07) is 1.82. The monoisotopic (exact) mass is 346 g/mol. The second-order valence-electron chi connectivity index (χ2n) is 6.23. The van der Waals surface area contributed by atoms with E-state index in [1.165, 1.54) is 50.4 Å². The molecule has 0 unspecified atom stereocenters. The van der Waals surface area contributed by atoms with Gasteiger partial charge >= 0.3 is 0 Å². The maximum atomic E-state index is 4.42. The Morgan fingerprint density at radius 3 is 2.88 bits per heavy atom. The van der Waals surface area contributed by atoms with Gasteiger partial charge in [-0.1, -0.05) is 0 Å². The molecule has 0 saturated carbocycles. The maximum absolute atomic E-state index is 4.42. The number of rotatable bonds is 7. The molecule has 1 saturated heterocycles. The van der Waals surface area contributed by atoms with E-state index in [0.717, 1.165) is 18.1 Å². The summed E-state index contributed by atoms with van der Waals surface area (Å²) in [6.07, 6.45) is 7.91. The van der Waals surface area contributed by atoms with Crippen LogP contribution in [0.4, 0.5) is 0 Å². The summed E-state index contributed by atoms with van der Waals surface area (Å²) in [6.45, 7) is 7.96. The number of nitrogens with one attached hydrogen (secondary N) is 1. The molecule has 130 valence electrons. The summed E-state index contributed by atoms with van der Waals surface area (Å²) >= 11 is 1.66. The van der Waals surface area contributed by atoms with Gasteiger partial charge in [0.15, 0.2) is 10.8 Å². The molecule has 0 spiro atoms. The number of likely N-dealkylation sites (N-methyl/N-ethyl adjacent to an activating group) is 1. The van der Waals surface area contributed by atoms with E-state index in [4.69, 9.17) is 0 Å². The van der Waals surface area contributed by atoms with Crippen LogP contribution < -0.4 is 5.32 Å². The van der Waals surface area contributed by atoms with Gasteiger partial charge in [-0.2, -0.15) is 0 Å². The minimum Gasteiger partial charge on any atom is -0.312 e. The van der Waals surface area contributed by atoms with Crippen LogP contribution in [-0.2, 0) is 6.54 Å². The van der Waals surface area contributed by atoms with Crippen LogP contribution in [0.25, 0.3) is 10.8 Å². The summed E-state index contributed by atoms with van der Waals surface area (Å²) in [5.74, 6) is 0.708. The molecular formula is C17H26N6S. The lowest BCUT2D eigenvalue weighted by atomic mass is 10.3. The molecule has 0 radical (unpaired) electrons. The third-order valence-corrected chi connectivity index (χ3v) is 5.24. The van der Waals surface area contributed by atoms with Crippen LogP contribution in [-0.4, -0.2) is 71.1 Å². The molecule has 1 fully saturated rings. The Kier molecular flexibility index (Phi) is 6.66. The first-order chi connectivity index (χ1) is 11.8. The molecule has 1 N–H and O–H groups in total. The molecule has 0 atom stereocenters. The highest BCUT2D eigenvalue weighted by molar-refractivity contribution is 7.14. The number of thiazole rings is 1. The van der Waals surface area contributed by atoms with Crippen LogP contribution in [0.15, 0.2) is 24.7 Å². The summed E-state index contributed by atoms with van der Waals surface area (Å²) in [5, 5.41) is 4.41. The van der Waals surface area contributed by atoms with Crippen molar-refractivity contribution in [3.63, 3.8) is 0 Å². The molecule has 6 nitrogen and oxygen atoms in total. The fraction of sp³-hybridized carbons (Fsp3) is 0.588. The summed E-state index contributed by atoms with van der Waals surface area (Å²) in [4.78, 5) is 19.1. The highest BCUT2D eigenvalue weighted by Crippen LogP contribution is 2.21. The van der Waals surface area contributed by atoms with Gasteiger partial charge < -0.3 is 15.1 Å². The zero-order chi connectivity index (χ0) is 16.6. The van der Waals surface area contributed by atoms with Crippen molar-refractivity contribution >= 4 is 11.3 Å². The minimum absolute atomic E-state index is 0.708. The SMILES string of the molecule is CN1CCCN(CCCNCc2cnc(-c3ncccn3)s2)CC1. The van der Waals surface area contributed by atoms with E-state index >= 15 is 0 Å². The number of hydrogen-bond donors (Lipinski definition) is 1. The van der Waals surface area contributed by atoms with E-state index in [-0.39, 0.29) is 0 Å². The third-order valence-electron chi connectivity index (χ3n) is 4.25. The second kappa shape index (κ2) is 9.17. The van der Waals surface area contributed by atoms with Crippen LogP contribution in [0.2, 0.25) is 0 Å². The van der Waals surface area contributed by atoms with Gasteiger partial charge in [0.2, 0.25) is 0 Å². The van der Waals surface area contributed by atoms with Gasteiger partial charge in [0, 0.05) is 43.1 Å². The van der Waals surface area contributed by atoms with Gasteiger partial charge in [-0.3, -0.25) is 0 Å². The molecule has 0 aliphatic carbocycles. The van der Waals surface area contributed by atoms with Crippen molar-refractivity contribution < 1.29 is 0 Å². The average molecular weight is 347 g/mol. The van der Waals surface area contributed by atoms with Crippen LogP contribution in [0.5, 0.6) is 0 Å². The van der Waals surface area contributed by atoms with Crippen molar-refractivity contribution in [2.75, 3.05) is 46.3 Å². The largest absolute Gasteiger partial charge is 0.312 e. The molecule has 3 rings (SSSR count). The first kappa shape index (κ1) is 17.4. The van der Waals surface area contributed by atoms with E-state index in [1.807, 2.05) is 12.3 Å². The lowest BCUT2D eigenvalue weighted by molar-refractivity contribution is 0.272. The predicted molar refractivity (Wildman–Crippen MR) is 98.0 cm³/mol. The predicted octanol–water partition coefficient (Wildman–Crippen LogP) is 1.72. The Balaban J connectivity index is 1.34. The van der Waals surface area contributed by atoms with Crippen LogP contribution in [0, 0.1) is 0 Å². The topological polar surface area (TPSA) is 57.2 Å². The van der Waals surface area contributed by atoms with Crippen molar-refractivity contribution in [1.82, 2.24) is 30.1 Å². The Morgan fingerprint density at radius 2 is 2.00 bits per heavy atom. The summed E-state index contributed by atoms with van der Waals surface area (Å²) < 4.78 is 0. The summed E-state index contributed by atoms with van der Waals surface area (Å²) in [5.41, 5.74) is 0. The molecule has 2 aromatic heterocycles. The minimum atomic E-state index is 0.708. The van der Waals surface area contributed by atoms with E-state index in [9.17, 15) is 0 Å². The highest BCUT2D eigenvalue weighted by Gasteiger charge is 2.11. The molecule has 1 aliphatic heterocycles. The zero-order valence-electron chi connectivity index (χ0n) is 14.3. The van der Waals surface area contributed by atoms with Crippen molar-refractivity contribution in [3.05, 3.63) is 29.5 Å². The first-order valence-corrected chi connectivity index (χ1v) is 9.46. The van der Waals surface area contributed by atoms with Crippen molar-refractivity contribution in [3.8, 4) is 10.8 Å². The van der Waals surface area contributed by atoms with Gasteiger partial charge in [0.25, 0.3) is 0 Å². The lowest BCUT2D eigenvalue weighted by Gasteiger charge is -2.19. The Bertz CT molecular complexity index is 602. The lowest BCUT2D eigenvalue weighted by Crippen LogP contribution is -2.31. The van der Waals surface area contributed by atoms with E-state index in [1.54, 1.807) is 23.7 Å². The standard InChI is InChI=1S/C17H26N6S/c1-22-8-4-10-23(12-11-22)9-3-5-18-13-15-14-21-17(24-15)16-19-6-2-7-20-16/h2,6-7,14,18H,3-5,8-13H2,1H3. The molecule has 0 aromatic carbocycles. The molecule has 1 aliphatic rings. The zero-order valence-corrected chi connectivity index (χ0v) is 15.1. The fourth-order valence-electron chi connectivity index (χ4n) is 2.86. The first-order valence-electron chi connectivity index (χ1n) is 8.65. The van der Waals surface area contributed by atoms with Crippen molar-refractivity contribution in [2.24, 2.45) is 0 Å². The molecule has 2 aromatic rings. The van der Waals surface area contributed by atoms with Gasteiger partial charge in [0.1, 0.15) is 0 Å². The van der Waals surface area contributed by atoms with Crippen molar-refractivity contribution in [1.29, 1.82) is 0 Å². The molecule has 3 heterocycles. The molecule has 0 amide bonds. The van der Waals surface area contributed by atoms with Crippen LogP contribution in [0.3, 0.4) is 0 Å². The van der Waals surface area contributed by atoms with Gasteiger partial charge in [-0.15, -0.1) is 11.3 Å². The van der Waals surface area contributed by atoms with E-state index in [0.29, 0.717) is 5.82 Å². The second-order valence-corrected chi connectivity index (χ2v) is 7.35. The number of aromatic nitrogens is 3. The highest BCUT2D eigenvalue weighted by atomic mass is 32.1. The Labute approximate surface area is 148 Å². The van der Waals surface area contributed by atoms with Gasteiger partial charge in [-0.25, -0.2) is 15.0 Å². The fourth-order valence-corrected chi connectivity index (χ4v) is 3.70. The van der Waals surface area contributed by atoms with E-state index < -0.39 is 0 Å². The molecular weight excluding hydrogens is 320 g/mol. The Morgan fingerprint density at radius 1 is 1.12 bits per heavy atom. The van der Waals surface area contributed by atoms with Crippen LogP contribution >= 0.6 is 11.3 Å². The van der Waals surface area contributed by atoms with E-state index in [2.05, 4.69) is 37.1 Å². The maximum Gasteiger partial charge on any atom is 0.188 e. The smallest absolute Gasteiger partial charge is 0.188 e. The normalized spacial score (nSPS) is 17.0. The van der Waals surface area contributed by atoms with Gasteiger partial charge in [-0.05, 0) is 52.1 Å². The number of nitrogens with zero attached hydrogens (tertiary/aromatic N) is 5. The summed E-state index contributed by atoms with van der Waals surface area (Å²) in [7, 11) is 2.22.